The van der Waals surface area contributed by atoms with Gasteiger partial charge in [0.15, 0.2) is 0 Å². The maximum atomic E-state index is 12.6. The third-order valence-electron chi connectivity index (χ3n) is 4.87. The Labute approximate surface area is 177 Å². The summed E-state index contributed by atoms with van der Waals surface area (Å²) in [7, 11) is 0. The zero-order valence-corrected chi connectivity index (χ0v) is 17.8. The summed E-state index contributed by atoms with van der Waals surface area (Å²) in [5.41, 5.74) is 6.31. The van der Waals surface area contributed by atoms with Crippen LogP contribution >= 0.6 is 0 Å². The smallest absolute Gasteiger partial charge is 0.338 e. The normalized spacial score (nSPS) is 11.5. The second-order valence-electron chi connectivity index (χ2n) is 8.49. The molecule has 0 amide bonds. The lowest BCUT2D eigenvalue weighted by molar-refractivity contribution is 0.00697. The van der Waals surface area contributed by atoms with Crippen molar-refractivity contribution >= 4 is 16.9 Å². The summed E-state index contributed by atoms with van der Waals surface area (Å²) in [6.07, 6.45) is 0. The molecule has 0 saturated heterocycles. The fourth-order valence-electron chi connectivity index (χ4n) is 3.53. The lowest BCUT2D eigenvalue weighted by atomic mass is 9.96. The first-order valence-corrected chi connectivity index (χ1v) is 10.1. The van der Waals surface area contributed by atoms with E-state index in [-0.39, 0.29) is 5.97 Å². The van der Waals surface area contributed by atoms with Crippen LogP contribution in [-0.4, -0.2) is 16.6 Å². The molecule has 0 fully saturated rings. The van der Waals surface area contributed by atoms with Crippen molar-refractivity contribution in [1.82, 2.24) is 4.98 Å². The van der Waals surface area contributed by atoms with Gasteiger partial charge in [0.05, 0.1) is 11.1 Å². The van der Waals surface area contributed by atoms with Crippen LogP contribution in [0.1, 0.15) is 36.8 Å². The first-order valence-electron chi connectivity index (χ1n) is 10.1. The minimum absolute atomic E-state index is 0.324. The van der Waals surface area contributed by atoms with E-state index < -0.39 is 5.60 Å². The average Bonchev–Trinajstić information content (AvgIpc) is 2.72. The minimum atomic E-state index is -0.534. The highest BCUT2D eigenvalue weighted by Gasteiger charge is 2.19. The number of pyridine rings is 1. The Balaban J connectivity index is 1.78. The summed E-state index contributed by atoms with van der Waals surface area (Å²) in [4.78, 5) is 17.2. The van der Waals surface area contributed by atoms with E-state index >= 15 is 0 Å². The van der Waals surface area contributed by atoms with E-state index in [1.54, 1.807) is 6.07 Å². The van der Waals surface area contributed by atoms with Crippen molar-refractivity contribution < 1.29 is 9.53 Å². The van der Waals surface area contributed by atoms with E-state index in [4.69, 9.17) is 4.74 Å². The molecule has 0 radical (unpaired) electrons. The summed E-state index contributed by atoms with van der Waals surface area (Å²) in [6.45, 7) is 7.60. The fraction of sp³-hybridized carbons (Fsp3) is 0.185. The molecule has 0 aliphatic rings. The molecule has 3 heteroatoms. The second-order valence-corrected chi connectivity index (χ2v) is 8.49. The Morgan fingerprint density at radius 2 is 1.43 bits per heavy atom. The van der Waals surface area contributed by atoms with Crippen LogP contribution in [0.5, 0.6) is 0 Å². The third kappa shape index (κ3) is 4.25. The number of carbonyl (C=O) groups is 1. The maximum Gasteiger partial charge on any atom is 0.338 e. The van der Waals surface area contributed by atoms with Gasteiger partial charge in [-0.15, -0.1) is 0 Å². The number of aromatic nitrogens is 1. The largest absolute Gasteiger partial charge is 0.456 e. The van der Waals surface area contributed by atoms with Gasteiger partial charge in [0.1, 0.15) is 5.60 Å². The molecule has 0 N–H and O–H groups in total. The van der Waals surface area contributed by atoms with Gasteiger partial charge in [0.25, 0.3) is 0 Å². The van der Waals surface area contributed by atoms with E-state index in [2.05, 4.69) is 47.4 Å². The van der Waals surface area contributed by atoms with Crippen molar-refractivity contribution in [2.24, 2.45) is 0 Å². The molecule has 0 saturated carbocycles. The molecular formula is C27H25NO2. The molecule has 4 rings (SSSR count). The van der Waals surface area contributed by atoms with Gasteiger partial charge in [-0.1, -0.05) is 54.6 Å². The lowest BCUT2D eigenvalue weighted by Crippen LogP contribution is -2.23. The van der Waals surface area contributed by atoms with Gasteiger partial charge in [0.2, 0.25) is 0 Å². The number of esters is 1. The van der Waals surface area contributed by atoms with Crippen LogP contribution < -0.4 is 0 Å². The number of rotatable bonds is 3. The molecule has 0 spiro atoms. The molecule has 0 aliphatic carbocycles. The molecule has 1 aromatic heterocycles. The summed E-state index contributed by atoms with van der Waals surface area (Å²) in [6, 6.07) is 26.4. The second kappa shape index (κ2) is 7.75. The zero-order chi connectivity index (χ0) is 21.3. The Morgan fingerprint density at radius 1 is 0.800 bits per heavy atom. The Hall–Kier alpha value is -3.46. The van der Waals surface area contributed by atoms with Crippen LogP contribution in [-0.2, 0) is 4.74 Å². The number of hydrogen-bond donors (Lipinski definition) is 0. The molecule has 0 atom stereocenters. The van der Waals surface area contributed by atoms with Gasteiger partial charge in [-0.25, -0.2) is 4.79 Å². The Morgan fingerprint density at radius 3 is 2.10 bits per heavy atom. The molecule has 30 heavy (non-hydrogen) atoms. The van der Waals surface area contributed by atoms with E-state index in [0.717, 1.165) is 27.7 Å². The van der Waals surface area contributed by atoms with E-state index in [1.807, 2.05) is 58.0 Å². The monoisotopic (exact) mass is 395 g/mol. The molecule has 1 heterocycles. The summed E-state index contributed by atoms with van der Waals surface area (Å²) in [5, 5.41) is 0.941. The van der Waals surface area contributed by atoms with Crippen LogP contribution in [0.2, 0.25) is 0 Å². The number of ether oxygens (including phenoxy) is 1. The van der Waals surface area contributed by atoms with Crippen molar-refractivity contribution in [3.63, 3.8) is 0 Å². The van der Waals surface area contributed by atoms with Crippen molar-refractivity contribution in [2.75, 3.05) is 0 Å². The van der Waals surface area contributed by atoms with Crippen LogP contribution in [0.15, 0.2) is 78.9 Å². The van der Waals surface area contributed by atoms with Crippen molar-refractivity contribution in [3.05, 3.63) is 90.1 Å². The fourth-order valence-corrected chi connectivity index (χ4v) is 3.53. The third-order valence-corrected chi connectivity index (χ3v) is 4.87. The standard InChI is InChI=1S/C27H25NO2/c1-18-16-23(21-12-10-20(11-13-21)19-8-6-5-7-9-19)24-17-22(14-15-25(24)28-18)26(29)30-27(2,3)4/h5-17H,1-4H3. The minimum Gasteiger partial charge on any atom is -0.456 e. The van der Waals surface area contributed by atoms with Gasteiger partial charge in [-0.2, -0.15) is 0 Å². The molecular weight excluding hydrogens is 370 g/mol. The molecule has 4 aromatic rings. The first-order chi connectivity index (χ1) is 14.3. The molecule has 3 nitrogen and oxygen atoms in total. The van der Waals surface area contributed by atoms with Crippen molar-refractivity contribution in [2.45, 2.75) is 33.3 Å². The van der Waals surface area contributed by atoms with E-state index in [1.165, 1.54) is 11.1 Å². The van der Waals surface area contributed by atoms with E-state index in [9.17, 15) is 4.79 Å². The predicted molar refractivity (Wildman–Crippen MR) is 123 cm³/mol. The number of carbonyl (C=O) groups excluding carboxylic acids is 1. The summed E-state index contributed by atoms with van der Waals surface area (Å²) < 4.78 is 5.55. The maximum absolute atomic E-state index is 12.6. The van der Waals surface area contributed by atoms with Gasteiger partial charge >= 0.3 is 5.97 Å². The topological polar surface area (TPSA) is 39.2 Å². The number of fused-ring (bicyclic) bond motifs is 1. The highest BCUT2D eigenvalue weighted by Crippen LogP contribution is 2.31. The average molecular weight is 396 g/mol. The first kappa shape index (κ1) is 19.8. The van der Waals surface area contributed by atoms with Crippen molar-refractivity contribution in [1.29, 1.82) is 0 Å². The quantitative estimate of drug-likeness (QED) is 0.357. The number of aryl methyl sites for hydroxylation is 1. The lowest BCUT2D eigenvalue weighted by Gasteiger charge is -2.19. The van der Waals surface area contributed by atoms with Gasteiger partial charge < -0.3 is 4.74 Å². The Kier molecular flexibility index (Phi) is 5.13. The van der Waals surface area contributed by atoms with Crippen LogP contribution in [0, 0.1) is 6.92 Å². The zero-order valence-electron chi connectivity index (χ0n) is 17.8. The highest BCUT2D eigenvalue weighted by molar-refractivity contribution is 6.00. The van der Waals surface area contributed by atoms with Crippen LogP contribution in [0.3, 0.4) is 0 Å². The summed E-state index contributed by atoms with van der Waals surface area (Å²) >= 11 is 0. The van der Waals surface area contributed by atoms with E-state index in [0.29, 0.717) is 5.56 Å². The Bertz CT molecular complexity index is 1200. The predicted octanol–water partition coefficient (Wildman–Crippen LogP) is 6.83. The molecule has 150 valence electrons. The highest BCUT2D eigenvalue weighted by atomic mass is 16.6. The SMILES string of the molecule is Cc1cc(-c2ccc(-c3ccccc3)cc2)c2cc(C(=O)OC(C)(C)C)ccc2n1. The van der Waals surface area contributed by atoms with Crippen LogP contribution in [0.4, 0.5) is 0 Å². The van der Waals surface area contributed by atoms with Gasteiger partial charge in [-0.3, -0.25) is 4.98 Å². The number of benzene rings is 3. The number of nitrogens with zero attached hydrogens (tertiary/aromatic N) is 1. The van der Waals surface area contributed by atoms with Crippen molar-refractivity contribution in [3.8, 4) is 22.3 Å². The molecule has 0 aliphatic heterocycles. The molecule has 3 aromatic carbocycles. The summed E-state index contributed by atoms with van der Waals surface area (Å²) in [5.74, 6) is -0.324. The molecule has 0 unspecified atom stereocenters. The van der Waals surface area contributed by atoms with Crippen LogP contribution in [0.25, 0.3) is 33.2 Å². The number of hydrogen-bond acceptors (Lipinski definition) is 3. The molecule has 0 bridgehead atoms. The van der Waals surface area contributed by atoms with Gasteiger partial charge in [-0.05, 0) is 74.2 Å². The van der Waals surface area contributed by atoms with Gasteiger partial charge in [0, 0.05) is 11.1 Å².